The molecular formula is C100H89N25O24. The topological polar surface area (TPSA) is 615 Å². The number of nitrogens with zero attached hydrogens (tertiary/aromatic N) is 14. The van der Waals surface area contributed by atoms with Crippen LogP contribution in [0.25, 0.3) is 44.6 Å². The number of hydrogen-bond acceptors (Lipinski definition) is 32. The van der Waals surface area contributed by atoms with Crippen LogP contribution in [0.3, 0.4) is 0 Å². The average Bonchev–Trinajstić information content (AvgIpc) is 1.71. The molecular weight excluding hydrogens is 1940 g/mol. The highest BCUT2D eigenvalue weighted by Gasteiger charge is 2.59. The first-order chi connectivity index (χ1) is 71.8. The third-order valence-electron chi connectivity index (χ3n) is 27.0. The van der Waals surface area contributed by atoms with Gasteiger partial charge in [0.15, 0.2) is 50.7 Å². The SMILES string of the molecule is CCCc1cc([C@]2(CN3Cc4ccc(OC)cc4C3=O)NC(=O)NC2=O)on1.COc1ccc2c(c1)C(=O)N(C[C@@]1(c3cc(-c4cn(C)c5ccccc45)no3)NC(=O)NC1=O)C2.COc1ccc2c(c1)C(=O)N(C[C@@]1(c3cc(-c4cnc5ccccc5n4)no3)NC(=O)NC1=O)C2.COc1ccc2c(c1)C(=O)N(C[C@@]1(c3cc(C)no3)NC(=O)NC1=O)C2.COc1ccc2c(c1)C(=O)N(C[C@@]1(c3cn[nH]n3)NC(=O)NC1=O)C2. The normalized spacial score (nSPS) is 20.4. The van der Waals surface area contributed by atoms with Crippen LogP contribution in [-0.4, -0.2) is 233 Å². The van der Waals surface area contributed by atoms with Crippen molar-refractivity contribution in [2.75, 3.05) is 68.3 Å². The van der Waals surface area contributed by atoms with Gasteiger partial charge in [-0.2, -0.15) is 15.4 Å². The molecule has 0 unspecified atom stereocenters. The van der Waals surface area contributed by atoms with E-state index >= 15 is 0 Å². The molecule has 0 saturated carbocycles. The quantitative estimate of drug-likeness (QED) is 0.0308. The molecule has 17 heterocycles. The van der Waals surface area contributed by atoms with E-state index in [1.165, 1.54) is 72.3 Å². The lowest BCUT2D eigenvalue weighted by Gasteiger charge is -2.28. The average molecular weight is 2020 g/mol. The van der Waals surface area contributed by atoms with Crippen LogP contribution < -0.4 is 76.9 Å². The van der Waals surface area contributed by atoms with Crippen LogP contribution in [0, 0.1) is 6.92 Å². The summed E-state index contributed by atoms with van der Waals surface area (Å²) in [5, 5.41) is 51.4. The van der Waals surface area contributed by atoms with Gasteiger partial charge in [0.05, 0.1) is 103 Å². The fraction of sp³-hybridized carbons (Fsp3) is 0.250. The second-order valence-corrected chi connectivity index (χ2v) is 36.2. The molecule has 14 aromatic rings. The van der Waals surface area contributed by atoms with Gasteiger partial charge in [-0.05, 0) is 120 Å². The number of aromatic amines is 1. The molecule has 10 aliphatic rings. The molecule has 758 valence electrons. The number of aromatic nitrogens is 10. The van der Waals surface area contributed by atoms with Gasteiger partial charge in [0, 0.05) is 115 Å². The maximum atomic E-state index is 13.2. The van der Waals surface area contributed by atoms with E-state index in [2.05, 4.69) is 99.2 Å². The molecule has 5 atom stereocenters. The number of benzene rings is 7. The Kier molecular flexibility index (Phi) is 24.9. The van der Waals surface area contributed by atoms with Crippen LogP contribution in [-0.2, 0) is 97.9 Å². The highest BCUT2D eigenvalue weighted by Crippen LogP contribution is 2.43. The first-order valence-electron chi connectivity index (χ1n) is 46.2. The Balaban J connectivity index is 0.000000114. The molecule has 24 rings (SSSR count). The van der Waals surface area contributed by atoms with Crippen LogP contribution in [0.15, 0.2) is 200 Å². The second-order valence-electron chi connectivity index (χ2n) is 36.2. The Morgan fingerprint density at radius 2 is 0.698 bits per heavy atom. The van der Waals surface area contributed by atoms with Crippen molar-refractivity contribution in [3.8, 4) is 51.4 Å². The molecule has 0 bridgehead atoms. The minimum Gasteiger partial charge on any atom is -0.497 e. The molecule has 5 fully saturated rings. The van der Waals surface area contributed by atoms with Crippen molar-refractivity contribution in [3.63, 3.8) is 0 Å². The Morgan fingerprint density at radius 1 is 0.356 bits per heavy atom. The number of aryl methyl sites for hydroxylation is 3. The van der Waals surface area contributed by atoms with Crippen molar-refractivity contribution in [1.29, 1.82) is 0 Å². The van der Waals surface area contributed by atoms with Gasteiger partial charge in [-0.15, -0.1) is 0 Å². The minimum atomic E-state index is -1.66. The number of ether oxygens (including phenoxy) is 5. The monoisotopic (exact) mass is 2020 g/mol. The lowest BCUT2D eigenvalue weighted by molar-refractivity contribution is -0.126. The van der Waals surface area contributed by atoms with E-state index in [0.29, 0.717) is 117 Å². The Bertz CT molecular complexity index is 7940. The maximum absolute atomic E-state index is 13.2. The van der Waals surface area contributed by atoms with Crippen LogP contribution in [0.4, 0.5) is 24.0 Å². The number of amides is 20. The number of imide groups is 5. The molecule has 11 N–H and O–H groups in total. The molecule has 149 heavy (non-hydrogen) atoms. The zero-order valence-corrected chi connectivity index (χ0v) is 80.4. The second kappa shape index (κ2) is 38.3. The largest absolute Gasteiger partial charge is 0.497 e. The predicted octanol–water partition coefficient (Wildman–Crippen LogP) is 6.03. The van der Waals surface area contributed by atoms with Gasteiger partial charge < -0.3 is 97.4 Å². The molecule has 49 heteroatoms. The summed E-state index contributed by atoms with van der Waals surface area (Å²) in [6.45, 7) is 4.73. The van der Waals surface area contributed by atoms with Crippen LogP contribution in [0.1, 0.15) is 133 Å². The van der Waals surface area contributed by atoms with Gasteiger partial charge in [0.2, 0.25) is 0 Å². The maximum Gasteiger partial charge on any atom is 0.322 e. The number of para-hydroxylation sites is 3. The van der Waals surface area contributed by atoms with E-state index in [4.69, 9.17) is 41.8 Å². The highest BCUT2D eigenvalue weighted by atomic mass is 16.5. The smallest absolute Gasteiger partial charge is 0.322 e. The number of carbonyl (C=O) groups excluding carboxylic acids is 15. The molecule has 10 aliphatic heterocycles. The number of carbonyl (C=O) groups is 15. The summed E-state index contributed by atoms with van der Waals surface area (Å²) in [6.07, 6.45) is 6.38. The minimum absolute atomic E-state index is 0.0626. The molecule has 0 radical (unpaired) electrons. The zero-order chi connectivity index (χ0) is 104. The van der Waals surface area contributed by atoms with E-state index in [1.807, 2.05) is 97.5 Å². The summed E-state index contributed by atoms with van der Waals surface area (Å²) in [7, 11) is 9.57. The Hall–Kier alpha value is -19.5. The standard InChI is InChI=1S/C25H21N5O5.C24H18N6O5.C19H20N4O5.C17H16N4O5.C15H14N6O4/c1-29-12-18(16-5-3-4-6-20(16)29)19-10-21(35-28-19)25(23(32)26-24(33)27-25)13-30-11-14-7-8-15(34-2)9-17(14)22(30)31;1-34-14-7-6-13-11-30(21(31)15(13)8-14)12-24(22(32)27-23(33)28-24)20-9-18(29-35-20)19-10-25-16-4-2-3-5-17(16)26-19;1-3-4-12-7-15(28-22-12)19(17(25)20-18(26)21-19)10-23-9-11-5-6-13(27-2)8-14(11)16(23)24;1-9-5-13(26-20-9)17(15(23)18-16(24)19-17)8-21-7-10-3-4-11(25-2)6-12(10)14(21)22;1-25-9-3-2-8-6-21(12(22)10(8)4-9)7-15(11-5-16-20-19-11)13(23)17-14(24)18-15/h3-10,12H,11,13H2,1-2H3,(H2,26,27,32,33);2-10H,11-12H2,1H3,(H2,27,28,32,33);5-8H,3-4,9-10H2,1-2H3,(H2,20,21,25,26);3-6H,7-8H2,1-2H3,(H2,18,19,23,24);2-5H,6-7H2,1H3,(H,16,19,20)(H2,17,18,23,24)/t25-;24-;19-;17-;15-/m00000/s1. The summed E-state index contributed by atoms with van der Waals surface area (Å²) in [4.78, 5) is 205. The summed E-state index contributed by atoms with van der Waals surface area (Å²) in [5.41, 5.74) is 4.84. The van der Waals surface area contributed by atoms with E-state index in [9.17, 15) is 71.9 Å². The van der Waals surface area contributed by atoms with Crippen molar-refractivity contribution in [3.05, 3.63) is 278 Å². The number of nitrogens with one attached hydrogen (secondary N) is 11. The van der Waals surface area contributed by atoms with E-state index in [0.717, 1.165) is 56.2 Å². The lowest BCUT2D eigenvalue weighted by Crippen LogP contribution is -2.53. The number of urea groups is 5. The van der Waals surface area contributed by atoms with Crippen LogP contribution >= 0.6 is 0 Å². The number of H-pyrrole nitrogens is 1. The third-order valence-corrected chi connectivity index (χ3v) is 27.0. The Morgan fingerprint density at radius 3 is 1.06 bits per heavy atom. The molecule has 20 amide bonds. The van der Waals surface area contributed by atoms with Crippen LogP contribution in [0.2, 0.25) is 0 Å². The van der Waals surface area contributed by atoms with E-state index in [1.54, 1.807) is 98.0 Å². The summed E-state index contributed by atoms with van der Waals surface area (Å²) < 4.78 is 49.8. The van der Waals surface area contributed by atoms with E-state index in [-0.39, 0.29) is 104 Å². The molecule has 7 aromatic carbocycles. The predicted molar refractivity (Wildman–Crippen MR) is 512 cm³/mol. The molecule has 0 spiro atoms. The van der Waals surface area contributed by atoms with Crippen LogP contribution in [0.5, 0.6) is 28.7 Å². The van der Waals surface area contributed by atoms with Gasteiger partial charge >= 0.3 is 30.2 Å². The van der Waals surface area contributed by atoms with E-state index < -0.39 is 87.4 Å². The molecule has 7 aromatic heterocycles. The van der Waals surface area contributed by atoms with Gasteiger partial charge in [-0.1, -0.05) is 94.6 Å². The summed E-state index contributed by atoms with van der Waals surface area (Å²) in [5.74, 6) is -0.803. The van der Waals surface area contributed by atoms with Crippen molar-refractivity contribution in [2.24, 2.45) is 7.05 Å². The zero-order valence-electron chi connectivity index (χ0n) is 80.4. The highest BCUT2D eigenvalue weighted by molar-refractivity contribution is 6.13. The molecule has 5 saturated heterocycles. The first kappa shape index (κ1) is 96.9. The first-order valence-corrected chi connectivity index (χ1v) is 46.2. The van der Waals surface area contributed by atoms with Gasteiger partial charge in [-0.3, -0.25) is 79.5 Å². The summed E-state index contributed by atoms with van der Waals surface area (Å²) >= 11 is 0. The number of fused-ring (bicyclic) bond motifs is 7. The number of hydrogen-bond donors (Lipinski definition) is 11. The summed E-state index contributed by atoms with van der Waals surface area (Å²) in [6, 6.07) is 44.6. The van der Waals surface area contributed by atoms with Crippen molar-refractivity contribution in [1.82, 2.24) is 128 Å². The van der Waals surface area contributed by atoms with Gasteiger partial charge in [-0.25, -0.2) is 29.0 Å². The lowest BCUT2D eigenvalue weighted by atomic mass is 9.94. The molecule has 0 aliphatic carbocycles. The number of methoxy groups -OCH3 is 5. The molecule has 49 nitrogen and oxygen atoms in total. The van der Waals surface area contributed by atoms with Crippen molar-refractivity contribution >= 4 is 111 Å². The van der Waals surface area contributed by atoms with Crippen molar-refractivity contribution in [2.45, 2.75) is 87.1 Å². The fourth-order valence-corrected chi connectivity index (χ4v) is 19.4. The van der Waals surface area contributed by atoms with Crippen molar-refractivity contribution < 1.29 is 114 Å². The van der Waals surface area contributed by atoms with Gasteiger partial charge in [0.1, 0.15) is 51.5 Å². The fourth-order valence-electron chi connectivity index (χ4n) is 19.4. The van der Waals surface area contributed by atoms with Gasteiger partial charge in [0.25, 0.3) is 59.1 Å². The third kappa shape index (κ3) is 17.5. The number of rotatable bonds is 24. The Labute approximate surface area is 841 Å².